The molecule has 0 atom stereocenters. The average Bonchev–Trinajstić information content (AvgIpc) is 2.45. The lowest BCUT2D eigenvalue weighted by Gasteiger charge is -2.18. The Kier molecular flexibility index (Phi) is 3.94. The molecule has 0 aliphatic carbocycles. The van der Waals surface area contributed by atoms with E-state index < -0.39 is 0 Å². The number of hydrogen-bond acceptors (Lipinski definition) is 5. The summed E-state index contributed by atoms with van der Waals surface area (Å²) in [6, 6.07) is 12.0. The maximum Gasteiger partial charge on any atom is 0.138 e. The largest absolute Gasteiger partial charge is 0.357 e. The SMILES string of the molecule is Cc1ccc(N(C)c2cc(NCC#N)ncn2)cc1. The fourth-order valence-electron chi connectivity index (χ4n) is 1.66. The van der Waals surface area contributed by atoms with E-state index in [2.05, 4.69) is 34.3 Å². The molecule has 5 nitrogen and oxygen atoms in total. The van der Waals surface area contributed by atoms with Crippen LogP contribution in [-0.4, -0.2) is 23.6 Å². The number of nitrogens with zero attached hydrogens (tertiary/aromatic N) is 4. The van der Waals surface area contributed by atoms with Crippen LogP contribution in [0.4, 0.5) is 17.3 Å². The molecule has 96 valence electrons. The molecule has 0 saturated heterocycles. The van der Waals surface area contributed by atoms with E-state index in [0.717, 1.165) is 11.5 Å². The van der Waals surface area contributed by atoms with E-state index in [1.807, 2.05) is 36.2 Å². The van der Waals surface area contributed by atoms with E-state index in [1.54, 1.807) is 0 Å². The standard InChI is InChI=1S/C14H15N5/c1-11-3-5-12(6-4-11)19(2)14-9-13(16-8-7-15)17-10-18-14/h3-6,9-10H,8H2,1-2H3,(H,16,17,18). The van der Waals surface area contributed by atoms with Crippen LogP contribution in [0.2, 0.25) is 0 Å². The minimum Gasteiger partial charge on any atom is -0.357 e. The quantitative estimate of drug-likeness (QED) is 0.848. The van der Waals surface area contributed by atoms with Crippen molar-refractivity contribution in [3.8, 4) is 6.07 Å². The van der Waals surface area contributed by atoms with Crippen molar-refractivity contribution >= 4 is 17.3 Å². The number of benzene rings is 1. The van der Waals surface area contributed by atoms with Gasteiger partial charge in [0.25, 0.3) is 0 Å². The van der Waals surface area contributed by atoms with Crippen LogP contribution >= 0.6 is 0 Å². The van der Waals surface area contributed by atoms with Gasteiger partial charge in [0.2, 0.25) is 0 Å². The van der Waals surface area contributed by atoms with Gasteiger partial charge < -0.3 is 10.2 Å². The molecule has 2 rings (SSSR count). The number of rotatable bonds is 4. The first-order valence-corrected chi connectivity index (χ1v) is 5.94. The van der Waals surface area contributed by atoms with Crippen LogP contribution in [-0.2, 0) is 0 Å². The summed E-state index contributed by atoms with van der Waals surface area (Å²) in [5.41, 5.74) is 2.27. The van der Waals surface area contributed by atoms with Crippen LogP contribution in [0.15, 0.2) is 36.7 Å². The first-order chi connectivity index (χ1) is 9.20. The molecule has 1 aromatic carbocycles. The van der Waals surface area contributed by atoms with Crippen LogP contribution in [0.5, 0.6) is 0 Å². The highest BCUT2D eigenvalue weighted by Gasteiger charge is 2.06. The topological polar surface area (TPSA) is 64.8 Å². The fraction of sp³-hybridized carbons (Fsp3) is 0.214. The highest BCUT2D eigenvalue weighted by atomic mass is 15.2. The smallest absolute Gasteiger partial charge is 0.138 e. The fourth-order valence-corrected chi connectivity index (χ4v) is 1.66. The first-order valence-electron chi connectivity index (χ1n) is 5.94. The number of hydrogen-bond donors (Lipinski definition) is 1. The molecule has 2 aromatic rings. The lowest BCUT2D eigenvalue weighted by molar-refractivity contribution is 1.07. The Morgan fingerprint density at radius 1 is 1.26 bits per heavy atom. The van der Waals surface area contributed by atoms with Gasteiger partial charge in [0.1, 0.15) is 24.5 Å². The van der Waals surface area contributed by atoms with Crippen LogP contribution in [0.3, 0.4) is 0 Å². The third-order valence-corrected chi connectivity index (χ3v) is 2.77. The first kappa shape index (κ1) is 12.8. The molecular formula is C14H15N5. The number of nitriles is 1. The van der Waals surface area contributed by atoms with E-state index in [0.29, 0.717) is 5.82 Å². The van der Waals surface area contributed by atoms with E-state index >= 15 is 0 Å². The van der Waals surface area contributed by atoms with E-state index in [-0.39, 0.29) is 6.54 Å². The van der Waals surface area contributed by atoms with Gasteiger partial charge in [0, 0.05) is 18.8 Å². The maximum absolute atomic E-state index is 8.54. The Balaban J connectivity index is 2.21. The summed E-state index contributed by atoms with van der Waals surface area (Å²) in [6.45, 7) is 2.28. The van der Waals surface area contributed by atoms with Gasteiger partial charge in [-0.3, -0.25) is 0 Å². The van der Waals surface area contributed by atoms with Crippen molar-refractivity contribution in [3.63, 3.8) is 0 Å². The van der Waals surface area contributed by atoms with Crippen LogP contribution in [0, 0.1) is 18.3 Å². The Morgan fingerprint density at radius 3 is 2.68 bits per heavy atom. The zero-order chi connectivity index (χ0) is 13.7. The van der Waals surface area contributed by atoms with Crippen LogP contribution < -0.4 is 10.2 Å². The van der Waals surface area contributed by atoms with Crippen molar-refractivity contribution in [2.45, 2.75) is 6.92 Å². The Morgan fingerprint density at radius 2 is 2.00 bits per heavy atom. The molecule has 1 heterocycles. The van der Waals surface area contributed by atoms with Gasteiger partial charge in [0.05, 0.1) is 6.07 Å². The van der Waals surface area contributed by atoms with Gasteiger partial charge in [-0.1, -0.05) is 17.7 Å². The predicted molar refractivity (Wildman–Crippen MR) is 75.4 cm³/mol. The van der Waals surface area contributed by atoms with Gasteiger partial charge in [-0.25, -0.2) is 9.97 Å². The number of anilines is 3. The third-order valence-electron chi connectivity index (χ3n) is 2.77. The van der Waals surface area contributed by atoms with E-state index in [4.69, 9.17) is 5.26 Å². The molecule has 0 spiro atoms. The molecular weight excluding hydrogens is 238 g/mol. The summed E-state index contributed by atoms with van der Waals surface area (Å²) in [7, 11) is 1.95. The molecule has 0 aliphatic rings. The Labute approximate surface area is 112 Å². The highest BCUT2D eigenvalue weighted by molar-refractivity contribution is 5.61. The molecule has 0 unspecified atom stereocenters. The lowest BCUT2D eigenvalue weighted by atomic mass is 10.2. The van der Waals surface area contributed by atoms with Crippen molar-refractivity contribution in [2.24, 2.45) is 0 Å². The molecule has 0 amide bonds. The van der Waals surface area contributed by atoms with Gasteiger partial charge in [-0.15, -0.1) is 0 Å². The Hall–Kier alpha value is -2.61. The minimum absolute atomic E-state index is 0.227. The maximum atomic E-state index is 8.54. The van der Waals surface area contributed by atoms with Gasteiger partial charge in [0.15, 0.2) is 0 Å². The molecule has 19 heavy (non-hydrogen) atoms. The van der Waals surface area contributed by atoms with Crippen molar-refractivity contribution in [2.75, 3.05) is 23.8 Å². The summed E-state index contributed by atoms with van der Waals surface area (Å²) in [5.74, 6) is 1.42. The molecule has 0 aliphatic heterocycles. The van der Waals surface area contributed by atoms with Crippen molar-refractivity contribution in [3.05, 3.63) is 42.2 Å². The zero-order valence-corrected chi connectivity index (χ0v) is 11.0. The lowest BCUT2D eigenvalue weighted by Crippen LogP contribution is -2.12. The molecule has 0 fully saturated rings. The Bertz CT molecular complexity index is 586. The highest BCUT2D eigenvalue weighted by Crippen LogP contribution is 2.22. The second-order valence-electron chi connectivity index (χ2n) is 4.17. The summed E-state index contributed by atoms with van der Waals surface area (Å²) < 4.78 is 0. The van der Waals surface area contributed by atoms with E-state index in [9.17, 15) is 0 Å². The normalized spacial score (nSPS) is 9.74. The van der Waals surface area contributed by atoms with Crippen molar-refractivity contribution in [1.82, 2.24) is 9.97 Å². The molecule has 0 radical (unpaired) electrons. The summed E-state index contributed by atoms with van der Waals surface area (Å²) in [5, 5.41) is 11.5. The van der Waals surface area contributed by atoms with Gasteiger partial charge in [-0.2, -0.15) is 5.26 Å². The summed E-state index contributed by atoms with van der Waals surface area (Å²) in [4.78, 5) is 10.3. The van der Waals surface area contributed by atoms with Gasteiger partial charge in [-0.05, 0) is 19.1 Å². The zero-order valence-electron chi connectivity index (χ0n) is 11.0. The predicted octanol–water partition coefficient (Wildman–Crippen LogP) is 2.49. The monoisotopic (exact) mass is 253 g/mol. The average molecular weight is 253 g/mol. The summed E-state index contributed by atoms with van der Waals surface area (Å²) >= 11 is 0. The van der Waals surface area contributed by atoms with Crippen LogP contribution in [0.1, 0.15) is 5.56 Å². The van der Waals surface area contributed by atoms with Crippen molar-refractivity contribution < 1.29 is 0 Å². The van der Waals surface area contributed by atoms with E-state index in [1.165, 1.54) is 11.9 Å². The van der Waals surface area contributed by atoms with Gasteiger partial charge >= 0.3 is 0 Å². The van der Waals surface area contributed by atoms with Crippen molar-refractivity contribution in [1.29, 1.82) is 5.26 Å². The molecule has 1 aromatic heterocycles. The number of aromatic nitrogens is 2. The van der Waals surface area contributed by atoms with Crippen LogP contribution in [0.25, 0.3) is 0 Å². The number of aryl methyl sites for hydroxylation is 1. The second-order valence-corrected chi connectivity index (χ2v) is 4.17. The molecule has 1 N–H and O–H groups in total. The number of nitrogens with one attached hydrogen (secondary N) is 1. The molecule has 0 saturated carbocycles. The molecule has 5 heteroatoms. The second kappa shape index (κ2) is 5.83. The summed E-state index contributed by atoms with van der Waals surface area (Å²) in [6.07, 6.45) is 1.49. The molecule has 0 bridgehead atoms. The minimum atomic E-state index is 0.227. The third kappa shape index (κ3) is 3.19.